The summed E-state index contributed by atoms with van der Waals surface area (Å²) in [5.41, 5.74) is 7.35. The van der Waals surface area contributed by atoms with Gasteiger partial charge in [-0.25, -0.2) is 4.79 Å². The molecule has 0 spiro atoms. The van der Waals surface area contributed by atoms with Gasteiger partial charge in [-0.05, 0) is 19.1 Å². The Kier molecular flexibility index (Phi) is 1.84. The molecular weight excluding hydrogens is 182 g/mol. The molecule has 0 fully saturated rings. The van der Waals surface area contributed by atoms with E-state index in [-0.39, 0.29) is 11.7 Å². The van der Waals surface area contributed by atoms with Crippen molar-refractivity contribution in [3.63, 3.8) is 0 Å². The molecule has 1 aliphatic heterocycles. The maximum absolute atomic E-state index is 10.9. The maximum Gasteiger partial charge on any atom is 0.339 e. The highest BCUT2D eigenvalue weighted by molar-refractivity contribution is 5.92. The minimum atomic E-state index is -0.977. The van der Waals surface area contributed by atoms with Crippen molar-refractivity contribution in [3.8, 4) is 5.75 Å². The number of benzene rings is 1. The monoisotopic (exact) mass is 193 g/mol. The van der Waals surface area contributed by atoms with E-state index in [4.69, 9.17) is 15.6 Å². The quantitative estimate of drug-likeness (QED) is 0.659. The summed E-state index contributed by atoms with van der Waals surface area (Å²) >= 11 is 0. The van der Waals surface area contributed by atoms with E-state index in [9.17, 15) is 4.79 Å². The number of ether oxygens (including phenoxy) is 1. The number of carboxylic acid groups (broad SMARTS) is 1. The predicted molar refractivity (Wildman–Crippen MR) is 51.6 cm³/mol. The van der Waals surface area contributed by atoms with Gasteiger partial charge < -0.3 is 15.6 Å². The van der Waals surface area contributed by atoms with Crippen molar-refractivity contribution in [2.75, 3.05) is 5.73 Å². The van der Waals surface area contributed by atoms with Crippen molar-refractivity contribution in [2.24, 2.45) is 0 Å². The molecule has 1 heterocycles. The van der Waals surface area contributed by atoms with Crippen molar-refractivity contribution in [3.05, 3.63) is 23.3 Å². The summed E-state index contributed by atoms with van der Waals surface area (Å²) in [5.74, 6) is -0.541. The van der Waals surface area contributed by atoms with E-state index in [2.05, 4.69) is 0 Å². The van der Waals surface area contributed by atoms with E-state index in [1.54, 1.807) is 6.07 Å². The second-order valence-electron chi connectivity index (χ2n) is 3.45. The van der Waals surface area contributed by atoms with E-state index >= 15 is 0 Å². The summed E-state index contributed by atoms with van der Waals surface area (Å²) in [6.45, 7) is 1.89. The topological polar surface area (TPSA) is 72.6 Å². The van der Waals surface area contributed by atoms with Gasteiger partial charge in [0.15, 0.2) is 0 Å². The zero-order chi connectivity index (χ0) is 10.3. The van der Waals surface area contributed by atoms with Crippen LogP contribution in [0.25, 0.3) is 0 Å². The molecular formula is C10H11NO3. The average molecular weight is 193 g/mol. The first-order valence-electron chi connectivity index (χ1n) is 4.41. The number of rotatable bonds is 1. The number of anilines is 1. The first-order chi connectivity index (χ1) is 6.59. The molecule has 3 N–H and O–H groups in total. The van der Waals surface area contributed by atoms with Crippen LogP contribution in [-0.2, 0) is 6.42 Å². The molecule has 0 aromatic heterocycles. The smallest absolute Gasteiger partial charge is 0.339 e. The van der Waals surface area contributed by atoms with Gasteiger partial charge in [0.25, 0.3) is 0 Å². The van der Waals surface area contributed by atoms with Crippen LogP contribution in [0.3, 0.4) is 0 Å². The second-order valence-corrected chi connectivity index (χ2v) is 3.45. The summed E-state index contributed by atoms with van der Waals surface area (Å²) < 4.78 is 5.42. The van der Waals surface area contributed by atoms with Crippen LogP contribution in [0.15, 0.2) is 12.1 Å². The average Bonchev–Trinajstić information content (AvgIpc) is 2.47. The Labute approximate surface area is 81.3 Å². The fourth-order valence-electron chi connectivity index (χ4n) is 1.69. The summed E-state index contributed by atoms with van der Waals surface area (Å²) in [6.07, 6.45) is 0.690. The zero-order valence-corrected chi connectivity index (χ0v) is 7.78. The van der Waals surface area contributed by atoms with Crippen LogP contribution in [0.2, 0.25) is 0 Å². The first-order valence-corrected chi connectivity index (χ1v) is 4.41. The van der Waals surface area contributed by atoms with Gasteiger partial charge in [-0.15, -0.1) is 0 Å². The van der Waals surface area contributed by atoms with Gasteiger partial charge in [0.2, 0.25) is 0 Å². The van der Waals surface area contributed by atoms with E-state index in [0.717, 1.165) is 5.56 Å². The highest BCUT2D eigenvalue weighted by Crippen LogP contribution is 2.36. The molecule has 0 unspecified atom stereocenters. The highest BCUT2D eigenvalue weighted by Gasteiger charge is 2.26. The molecule has 1 atom stereocenters. The van der Waals surface area contributed by atoms with Crippen LogP contribution >= 0.6 is 0 Å². The summed E-state index contributed by atoms with van der Waals surface area (Å²) in [6, 6.07) is 3.10. The van der Waals surface area contributed by atoms with Crippen LogP contribution < -0.4 is 10.5 Å². The predicted octanol–water partition coefficient (Wildman–Crippen LogP) is 1.29. The largest absolute Gasteiger partial charge is 0.489 e. The number of carbonyl (C=O) groups is 1. The lowest BCUT2D eigenvalue weighted by molar-refractivity contribution is 0.0692. The minimum absolute atomic E-state index is 0.00722. The summed E-state index contributed by atoms with van der Waals surface area (Å²) in [5, 5.41) is 8.91. The molecule has 0 saturated heterocycles. The second kappa shape index (κ2) is 2.90. The third kappa shape index (κ3) is 1.19. The standard InChI is InChI=1S/C10H11NO3/c1-5-4-7-8(11)3-2-6(10(12)13)9(7)14-5/h2-3,5H,4,11H2,1H3,(H,12,13)/t5-/m1/s1. The Bertz CT molecular complexity index is 401. The summed E-state index contributed by atoms with van der Waals surface area (Å²) in [4.78, 5) is 10.9. The minimum Gasteiger partial charge on any atom is -0.489 e. The number of nitrogens with two attached hydrogens (primary N) is 1. The molecule has 0 aliphatic carbocycles. The van der Waals surface area contributed by atoms with E-state index in [0.29, 0.717) is 17.9 Å². The van der Waals surface area contributed by atoms with Crippen LogP contribution in [0.1, 0.15) is 22.8 Å². The summed E-state index contributed by atoms with van der Waals surface area (Å²) in [7, 11) is 0. The Morgan fingerprint density at radius 1 is 1.64 bits per heavy atom. The van der Waals surface area contributed by atoms with Crippen molar-refractivity contribution < 1.29 is 14.6 Å². The fraction of sp³-hybridized carbons (Fsp3) is 0.300. The molecule has 0 saturated carbocycles. The number of hydrogen-bond donors (Lipinski definition) is 2. The molecule has 4 heteroatoms. The number of nitrogen functional groups attached to an aromatic ring is 1. The van der Waals surface area contributed by atoms with Gasteiger partial charge in [0.05, 0.1) is 0 Å². The molecule has 1 aliphatic rings. The first kappa shape index (κ1) is 8.87. The number of hydrogen-bond acceptors (Lipinski definition) is 3. The number of fused-ring (bicyclic) bond motifs is 1. The highest BCUT2D eigenvalue weighted by atomic mass is 16.5. The number of aromatic carboxylic acids is 1. The normalized spacial score (nSPS) is 18.8. The SMILES string of the molecule is C[C@@H]1Cc2c(N)ccc(C(=O)O)c2O1. The Balaban J connectivity index is 2.59. The molecule has 74 valence electrons. The molecule has 2 rings (SSSR count). The van der Waals surface area contributed by atoms with Gasteiger partial charge in [-0.2, -0.15) is 0 Å². The maximum atomic E-state index is 10.9. The lowest BCUT2D eigenvalue weighted by Crippen LogP contribution is -2.07. The van der Waals surface area contributed by atoms with Crippen LogP contribution in [0, 0.1) is 0 Å². The third-order valence-electron chi connectivity index (χ3n) is 2.34. The molecule has 4 nitrogen and oxygen atoms in total. The van der Waals surface area contributed by atoms with Crippen LogP contribution in [0.4, 0.5) is 5.69 Å². The van der Waals surface area contributed by atoms with Gasteiger partial charge >= 0.3 is 5.97 Å². The van der Waals surface area contributed by atoms with Crippen molar-refractivity contribution >= 4 is 11.7 Å². The molecule has 0 radical (unpaired) electrons. The van der Waals surface area contributed by atoms with Crippen molar-refractivity contribution in [1.29, 1.82) is 0 Å². The van der Waals surface area contributed by atoms with Gasteiger partial charge in [-0.3, -0.25) is 0 Å². The van der Waals surface area contributed by atoms with E-state index < -0.39 is 5.97 Å². The zero-order valence-electron chi connectivity index (χ0n) is 7.78. The van der Waals surface area contributed by atoms with E-state index in [1.807, 2.05) is 6.92 Å². The Morgan fingerprint density at radius 2 is 2.36 bits per heavy atom. The lowest BCUT2D eigenvalue weighted by Gasteiger charge is -2.06. The van der Waals surface area contributed by atoms with Crippen LogP contribution in [-0.4, -0.2) is 17.2 Å². The molecule has 1 aromatic rings. The number of carboxylic acids is 1. The Hall–Kier alpha value is -1.71. The van der Waals surface area contributed by atoms with Gasteiger partial charge in [0.1, 0.15) is 17.4 Å². The van der Waals surface area contributed by atoms with Crippen molar-refractivity contribution in [2.45, 2.75) is 19.4 Å². The molecule has 0 bridgehead atoms. The molecule has 14 heavy (non-hydrogen) atoms. The third-order valence-corrected chi connectivity index (χ3v) is 2.34. The fourth-order valence-corrected chi connectivity index (χ4v) is 1.69. The van der Waals surface area contributed by atoms with E-state index in [1.165, 1.54) is 6.07 Å². The molecule has 0 amide bonds. The van der Waals surface area contributed by atoms with Gasteiger partial charge in [0, 0.05) is 17.7 Å². The van der Waals surface area contributed by atoms with Crippen molar-refractivity contribution in [1.82, 2.24) is 0 Å². The lowest BCUT2D eigenvalue weighted by atomic mass is 10.0. The van der Waals surface area contributed by atoms with Crippen LogP contribution in [0.5, 0.6) is 5.75 Å². The molecule has 1 aromatic carbocycles. The Morgan fingerprint density at radius 3 is 3.00 bits per heavy atom. The van der Waals surface area contributed by atoms with Gasteiger partial charge in [-0.1, -0.05) is 0 Å².